The van der Waals surface area contributed by atoms with Crippen molar-refractivity contribution in [2.24, 2.45) is 7.05 Å². The molecule has 2 rings (SSSR count). The van der Waals surface area contributed by atoms with Gasteiger partial charge in [0.05, 0.1) is 5.69 Å². The third-order valence-electron chi connectivity index (χ3n) is 2.65. The maximum Gasteiger partial charge on any atom is 0.420 e. The smallest absolute Gasteiger partial charge is 0.420 e. The Balaban J connectivity index is 2.59. The summed E-state index contributed by atoms with van der Waals surface area (Å²) < 4.78 is 38.9. The molecule has 0 unspecified atom stereocenters. The van der Waals surface area contributed by atoms with Gasteiger partial charge in [-0.3, -0.25) is 4.68 Å². The van der Waals surface area contributed by atoms with Crippen molar-refractivity contribution in [1.82, 2.24) is 9.78 Å². The van der Waals surface area contributed by atoms with Crippen LogP contribution in [0.5, 0.6) is 11.5 Å². The summed E-state index contributed by atoms with van der Waals surface area (Å²) in [5.41, 5.74) is 4.37. The number of halogens is 3. The lowest BCUT2D eigenvalue weighted by atomic mass is 10.1. The topological polar surface area (TPSA) is 84.3 Å². The van der Waals surface area contributed by atoms with Gasteiger partial charge in [-0.05, 0) is 12.1 Å². The molecule has 0 saturated heterocycles. The summed E-state index contributed by atoms with van der Waals surface area (Å²) in [7, 11) is 1.54. The molecule has 1 heterocycles. The van der Waals surface area contributed by atoms with Crippen LogP contribution in [0, 0.1) is 0 Å². The van der Waals surface area contributed by atoms with E-state index < -0.39 is 23.2 Å². The molecule has 0 saturated carbocycles. The van der Waals surface area contributed by atoms with Crippen LogP contribution in [0.4, 0.5) is 19.0 Å². The molecule has 0 aliphatic carbocycles. The third kappa shape index (κ3) is 2.16. The van der Waals surface area contributed by atoms with Gasteiger partial charge in [-0.1, -0.05) is 0 Å². The van der Waals surface area contributed by atoms with E-state index >= 15 is 0 Å². The number of phenolic OH excluding ortho intramolecular Hbond substituents is 2. The maximum absolute atomic E-state index is 12.5. The number of nitrogens with two attached hydrogens (primary N) is 1. The number of hydrogen-bond donors (Lipinski definition) is 3. The second-order valence-corrected chi connectivity index (χ2v) is 3.93. The van der Waals surface area contributed by atoms with Gasteiger partial charge in [0.1, 0.15) is 11.4 Å². The van der Waals surface area contributed by atoms with E-state index in [2.05, 4.69) is 5.10 Å². The average Bonchev–Trinajstić information content (AvgIpc) is 2.61. The SMILES string of the molecule is Cn1nc(-c2ccc(C(F)(F)F)c(O)c2O)cc1N. The first-order valence-corrected chi connectivity index (χ1v) is 5.14. The van der Waals surface area contributed by atoms with Crippen LogP contribution < -0.4 is 5.73 Å². The Hall–Kier alpha value is -2.38. The molecule has 102 valence electrons. The number of hydrogen-bond acceptors (Lipinski definition) is 4. The molecule has 4 N–H and O–H groups in total. The molecule has 19 heavy (non-hydrogen) atoms. The van der Waals surface area contributed by atoms with Crippen molar-refractivity contribution in [3.8, 4) is 22.8 Å². The van der Waals surface area contributed by atoms with Crippen molar-refractivity contribution in [2.45, 2.75) is 6.18 Å². The van der Waals surface area contributed by atoms with Gasteiger partial charge in [0.25, 0.3) is 0 Å². The molecule has 0 amide bonds. The van der Waals surface area contributed by atoms with Crippen molar-refractivity contribution in [3.05, 3.63) is 23.8 Å². The first-order valence-electron chi connectivity index (χ1n) is 5.14. The predicted octanol–water partition coefficient (Wildman–Crippen LogP) is 2.10. The molecule has 8 heteroatoms. The fourth-order valence-electron chi connectivity index (χ4n) is 1.63. The minimum absolute atomic E-state index is 0.0298. The lowest BCUT2D eigenvalue weighted by Crippen LogP contribution is -2.05. The molecule has 1 aromatic carbocycles. The van der Waals surface area contributed by atoms with E-state index in [4.69, 9.17) is 5.73 Å². The number of rotatable bonds is 1. The van der Waals surface area contributed by atoms with E-state index in [1.165, 1.54) is 10.7 Å². The van der Waals surface area contributed by atoms with Crippen LogP contribution in [0.3, 0.4) is 0 Å². The second-order valence-electron chi connectivity index (χ2n) is 3.93. The summed E-state index contributed by atoms with van der Waals surface area (Å²) in [4.78, 5) is 0. The standard InChI is InChI=1S/C11H10F3N3O2/c1-17-8(15)4-7(16-17)5-2-3-6(11(12,13)14)10(19)9(5)18/h2-4,18-19H,15H2,1H3. The Labute approximate surface area is 105 Å². The average molecular weight is 273 g/mol. The van der Waals surface area contributed by atoms with Crippen molar-refractivity contribution in [1.29, 1.82) is 0 Å². The number of aryl methyl sites for hydroxylation is 1. The molecule has 0 radical (unpaired) electrons. The van der Waals surface area contributed by atoms with Crippen LogP contribution in [0.25, 0.3) is 11.3 Å². The highest BCUT2D eigenvalue weighted by Gasteiger charge is 2.35. The van der Waals surface area contributed by atoms with Gasteiger partial charge in [-0.25, -0.2) is 0 Å². The van der Waals surface area contributed by atoms with E-state index in [1.807, 2.05) is 0 Å². The first kappa shape index (κ1) is 13.1. The Morgan fingerprint density at radius 2 is 1.84 bits per heavy atom. The fourth-order valence-corrected chi connectivity index (χ4v) is 1.63. The molecular weight excluding hydrogens is 263 g/mol. The molecule has 5 nitrogen and oxygen atoms in total. The highest BCUT2D eigenvalue weighted by molar-refractivity contribution is 5.73. The fraction of sp³-hybridized carbons (Fsp3) is 0.182. The molecule has 0 fully saturated rings. The Kier molecular flexibility index (Phi) is 2.80. The lowest BCUT2D eigenvalue weighted by molar-refractivity contribution is -0.138. The Morgan fingerprint density at radius 3 is 2.32 bits per heavy atom. The number of aromatic hydroxyl groups is 2. The number of benzene rings is 1. The van der Waals surface area contributed by atoms with Gasteiger partial charge >= 0.3 is 6.18 Å². The maximum atomic E-state index is 12.5. The van der Waals surface area contributed by atoms with Crippen molar-refractivity contribution < 1.29 is 23.4 Å². The normalized spacial score (nSPS) is 11.8. The van der Waals surface area contributed by atoms with Crippen LogP contribution in [0.15, 0.2) is 18.2 Å². The van der Waals surface area contributed by atoms with Crippen molar-refractivity contribution >= 4 is 5.82 Å². The van der Waals surface area contributed by atoms with Gasteiger partial charge in [-0.2, -0.15) is 18.3 Å². The number of anilines is 1. The van der Waals surface area contributed by atoms with Crippen LogP contribution in [-0.4, -0.2) is 20.0 Å². The first-order chi connectivity index (χ1) is 8.71. The molecule has 0 spiro atoms. The van der Waals surface area contributed by atoms with E-state index in [0.717, 1.165) is 6.07 Å². The van der Waals surface area contributed by atoms with Gasteiger partial charge in [-0.15, -0.1) is 0 Å². The van der Waals surface area contributed by atoms with Crippen molar-refractivity contribution in [2.75, 3.05) is 5.73 Å². The van der Waals surface area contributed by atoms with Gasteiger partial charge < -0.3 is 15.9 Å². The van der Waals surface area contributed by atoms with Crippen molar-refractivity contribution in [3.63, 3.8) is 0 Å². The van der Waals surface area contributed by atoms with Crippen LogP contribution in [0.1, 0.15) is 5.56 Å². The molecule has 1 aromatic heterocycles. The van der Waals surface area contributed by atoms with E-state index in [1.54, 1.807) is 7.05 Å². The van der Waals surface area contributed by atoms with Gasteiger partial charge in [0.2, 0.25) is 0 Å². The summed E-state index contributed by atoms with van der Waals surface area (Å²) in [6.45, 7) is 0. The minimum Gasteiger partial charge on any atom is -0.504 e. The zero-order chi connectivity index (χ0) is 14.4. The van der Waals surface area contributed by atoms with E-state index in [-0.39, 0.29) is 17.1 Å². The zero-order valence-electron chi connectivity index (χ0n) is 9.73. The molecule has 0 aliphatic rings. The number of phenols is 2. The number of alkyl halides is 3. The lowest BCUT2D eigenvalue weighted by Gasteiger charge is -2.11. The molecule has 0 aliphatic heterocycles. The van der Waals surface area contributed by atoms with Crippen LogP contribution >= 0.6 is 0 Å². The number of nitrogens with zero attached hydrogens (tertiary/aromatic N) is 2. The minimum atomic E-state index is -4.75. The van der Waals surface area contributed by atoms with E-state index in [0.29, 0.717) is 6.07 Å². The Morgan fingerprint density at radius 1 is 1.21 bits per heavy atom. The van der Waals surface area contributed by atoms with Gasteiger partial charge in [0, 0.05) is 18.7 Å². The quantitative estimate of drug-likeness (QED) is 0.695. The number of aromatic nitrogens is 2. The van der Waals surface area contributed by atoms with E-state index in [9.17, 15) is 23.4 Å². The monoisotopic (exact) mass is 273 g/mol. The highest BCUT2D eigenvalue weighted by Crippen LogP contribution is 2.44. The highest BCUT2D eigenvalue weighted by atomic mass is 19.4. The molecule has 0 bridgehead atoms. The predicted molar refractivity (Wildman–Crippen MR) is 61.4 cm³/mol. The molecule has 2 aromatic rings. The Bertz CT molecular complexity index is 615. The molecule has 0 atom stereocenters. The van der Waals surface area contributed by atoms with Crippen LogP contribution in [-0.2, 0) is 13.2 Å². The summed E-state index contributed by atoms with van der Waals surface area (Å²) >= 11 is 0. The molecular formula is C11H10F3N3O2. The van der Waals surface area contributed by atoms with Crippen LogP contribution in [0.2, 0.25) is 0 Å². The second kappa shape index (κ2) is 4.08. The summed E-state index contributed by atoms with van der Waals surface area (Å²) in [6.07, 6.45) is -4.75. The third-order valence-corrected chi connectivity index (χ3v) is 2.65. The zero-order valence-corrected chi connectivity index (χ0v) is 9.73. The van der Waals surface area contributed by atoms with Gasteiger partial charge in [0.15, 0.2) is 11.5 Å². The largest absolute Gasteiger partial charge is 0.504 e. The number of nitrogen functional groups attached to an aromatic ring is 1. The summed E-state index contributed by atoms with van der Waals surface area (Å²) in [5.74, 6) is -1.84. The summed E-state index contributed by atoms with van der Waals surface area (Å²) in [5, 5.41) is 23.0. The summed E-state index contributed by atoms with van der Waals surface area (Å²) in [6, 6.07) is 3.08.